The van der Waals surface area contributed by atoms with Crippen LogP contribution in [0.1, 0.15) is 18.4 Å². The molecule has 2 aliphatic rings. The number of carbonyl (C=O) groups is 1. The number of hydrogen-bond acceptors (Lipinski definition) is 7. The number of rotatable bonds is 6. The van der Waals surface area contributed by atoms with Gasteiger partial charge in [-0.15, -0.1) is 0 Å². The number of nitrogens with zero attached hydrogens (tertiary/aromatic N) is 5. The number of carbonyl (C=O) groups excluding carboxylic acids is 1. The van der Waals surface area contributed by atoms with Crippen LogP contribution in [0.15, 0.2) is 42.7 Å². The normalized spacial score (nSPS) is 22.2. The predicted molar refractivity (Wildman–Crippen MR) is 128 cm³/mol. The maximum absolute atomic E-state index is 11.9. The minimum Gasteiger partial charge on any atom is -0.447 e. The molecule has 0 radical (unpaired) electrons. The van der Waals surface area contributed by atoms with Crippen molar-refractivity contribution in [1.29, 1.82) is 0 Å². The van der Waals surface area contributed by atoms with Crippen molar-refractivity contribution in [3.63, 3.8) is 0 Å². The average Bonchev–Trinajstić information content (AvgIpc) is 2.85. The molecule has 1 aromatic heterocycles. The molecule has 178 valence electrons. The fourth-order valence-electron chi connectivity index (χ4n) is 4.54. The SMILES string of the molecule is CN(C)C(=O)OC[C@H]1CN(C2CCN(c3ncccn3)CC2)C(Cc2ccc(Cl)cc2)CO1. The van der Waals surface area contributed by atoms with Crippen LogP contribution in [-0.4, -0.2) is 91.0 Å². The topological polar surface area (TPSA) is 71.0 Å². The van der Waals surface area contributed by atoms with Gasteiger partial charge < -0.3 is 19.3 Å². The van der Waals surface area contributed by atoms with Crippen molar-refractivity contribution < 1.29 is 14.3 Å². The van der Waals surface area contributed by atoms with E-state index in [1.807, 2.05) is 18.2 Å². The van der Waals surface area contributed by atoms with Crippen molar-refractivity contribution in [3.8, 4) is 0 Å². The van der Waals surface area contributed by atoms with E-state index in [0.29, 0.717) is 12.6 Å². The lowest BCUT2D eigenvalue weighted by molar-refractivity contribution is -0.100. The Bertz CT molecular complexity index is 891. The first kappa shape index (κ1) is 23.7. The van der Waals surface area contributed by atoms with E-state index in [9.17, 15) is 4.79 Å². The Labute approximate surface area is 200 Å². The largest absolute Gasteiger partial charge is 0.447 e. The van der Waals surface area contributed by atoms with Crippen molar-refractivity contribution in [1.82, 2.24) is 19.8 Å². The zero-order valence-corrected chi connectivity index (χ0v) is 20.0. The van der Waals surface area contributed by atoms with E-state index in [4.69, 9.17) is 21.1 Å². The fraction of sp³-hybridized carbons (Fsp3) is 0.542. The van der Waals surface area contributed by atoms with Crippen molar-refractivity contribution in [2.45, 2.75) is 37.5 Å². The third-order valence-corrected chi connectivity index (χ3v) is 6.57. The van der Waals surface area contributed by atoms with Crippen LogP contribution in [0.4, 0.5) is 10.7 Å². The molecule has 3 heterocycles. The minimum absolute atomic E-state index is 0.133. The number of piperidine rings is 1. The first-order chi connectivity index (χ1) is 16.0. The molecule has 4 rings (SSSR count). The maximum atomic E-state index is 11.9. The lowest BCUT2D eigenvalue weighted by atomic mass is 9.96. The molecule has 9 heteroatoms. The summed E-state index contributed by atoms with van der Waals surface area (Å²) in [5.41, 5.74) is 1.24. The molecule has 0 saturated carbocycles. The first-order valence-corrected chi connectivity index (χ1v) is 11.8. The van der Waals surface area contributed by atoms with Crippen molar-refractivity contribution in [3.05, 3.63) is 53.3 Å². The summed E-state index contributed by atoms with van der Waals surface area (Å²) in [5, 5.41) is 0.744. The highest BCUT2D eigenvalue weighted by atomic mass is 35.5. The molecular weight excluding hydrogens is 442 g/mol. The van der Waals surface area contributed by atoms with Crippen LogP contribution in [-0.2, 0) is 15.9 Å². The van der Waals surface area contributed by atoms with Crippen LogP contribution < -0.4 is 4.90 Å². The second kappa shape index (κ2) is 11.1. The molecule has 33 heavy (non-hydrogen) atoms. The molecule has 2 aromatic rings. The average molecular weight is 474 g/mol. The van der Waals surface area contributed by atoms with Gasteiger partial charge in [-0.25, -0.2) is 14.8 Å². The molecule has 2 fully saturated rings. The highest BCUT2D eigenvalue weighted by molar-refractivity contribution is 6.30. The van der Waals surface area contributed by atoms with E-state index in [0.717, 1.165) is 49.9 Å². The van der Waals surface area contributed by atoms with Gasteiger partial charge in [0.2, 0.25) is 5.95 Å². The summed E-state index contributed by atoms with van der Waals surface area (Å²) in [4.78, 5) is 26.9. The number of hydrogen-bond donors (Lipinski definition) is 0. The van der Waals surface area contributed by atoms with Gasteiger partial charge in [-0.1, -0.05) is 23.7 Å². The van der Waals surface area contributed by atoms with Crippen LogP contribution >= 0.6 is 11.6 Å². The van der Waals surface area contributed by atoms with Gasteiger partial charge in [-0.2, -0.15) is 0 Å². The summed E-state index contributed by atoms with van der Waals surface area (Å²) in [7, 11) is 3.37. The van der Waals surface area contributed by atoms with Gasteiger partial charge in [0.15, 0.2) is 0 Å². The highest BCUT2D eigenvalue weighted by Crippen LogP contribution is 2.26. The maximum Gasteiger partial charge on any atom is 0.409 e. The molecule has 8 nitrogen and oxygen atoms in total. The molecule has 1 aromatic carbocycles. The summed E-state index contributed by atoms with van der Waals surface area (Å²) >= 11 is 6.08. The number of ether oxygens (including phenoxy) is 2. The summed E-state index contributed by atoms with van der Waals surface area (Å²) in [6, 6.07) is 10.6. The lowest BCUT2D eigenvalue weighted by Crippen LogP contribution is -2.58. The second-order valence-corrected chi connectivity index (χ2v) is 9.31. The lowest BCUT2D eigenvalue weighted by Gasteiger charge is -2.46. The number of morpholine rings is 1. The van der Waals surface area contributed by atoms with E-state index in [1.54, 1.807) is 26.5 Å². The molecule has 2 aliphatic heterocycles. The van der Waals surface area contributed by atoms with Gasteiger partial charge in [0, 0.05) is 63.2 Å². The molecule has 2 atom stereocenters. The van der Waals surface area contributed by atoms with Crippen LogP contribution in [0.2, 0.25) is 5.02 Å². The standard InChI is InChI=1S/C24H32ClN5O3/c1-28(2)24(31)33-17-22-15-30(21(16-32-22)14-18-4-6-19(25)7-5-18)20-8-12-29(13-9-20)23-26-10-3-11-27-23/h3-7,10-11,20-22H,8-9,12-17H2,1-2H3/t21?,22-/m1/s1. The number of aromatic nitrogens is 2. The van der Waals surface area contributed by atoms with Crippen molar-refractivity contribution >= 4 is 23.6 Å². The van der Waals surface area contributed by atoms with Crippen LogP contribution in [0, 0.1) is 0 Å². The number of amides is 1. The Morgan fingerprint density at radius 2 is 1.88 bits per heavy atom. The first-order valence-electron chi connectivity index (χ1n) is 11.5. The Hall–Kier alpha value is -2.42. The molecule has 1 unspecified atom stereocenters. The van der Waals surface area contributed by atoms with E-state index in [-0.39, 0.29) is 24.8 Å². The molecule has 0 spiro atoms. The van der Waals surface area contributed by atoms with E-state index in [2.05, 4.69) is 31.9 Å². The zero-order valence-electron chi connectivity index (χ0n) is 19.3. The summed E-state index contributed by atoms with van der Waals surface area (Å²) in [5.74, 6) is 0.795. The molecular formula is C24H32ClN5O3. The van der Waals surface area contributed by atoms with E-state index >= 15 is 0 Å². The minimum atomic E-state index is -0.343. The third-order valence-electron chi connectivity index (χ3n) is 6.32. The molecule has 0 N–H and O–H groups in total. The highest BCUT2D eigenvalue weighted by Gasteiger charge is 2.36. The summed E-state index contributed by atoms with van der Waals surface area (Å²) in [6.45, 7) is 3.44. The Morgan fingerprint density at radius 1 is 1.18 bits per heavy atom. The molecule has 0 aliphatic carbocycles. The second-order valence-electron chi connectivity index (χ2n) is 8.87. The molecule has 0 bridgehead atoms. The van der Waals surface area contributed by atoms with E-state index in [1.165, 1.54) is 10.5 Å². The van der Waals surface area contributed by atoms with Crippen LogP contribution in [0.5, 0.6) is 0 Å². The third kappa shape index (κ3) is 6.34. The van der Waals surface area contributed by atoms with Gasteiger partial charge in [0.25, 0.3) is 0 Å². The monoisotopic (exact) mass is 473 g/mol. The smallest absolute Gasteiger partial charge is 0.409 e. The van der Waals surface area contributed by atoms with Gasteiger partial charge in [0.05, 0.1) is 6.61 Å². The van der Waals surface area contributed by atoms with Gasteiger partial charge in [0.1, 0.15) is 12.7 Å². The Balaban J connectivity index is 1.41. The van der Waals surface area contributed by atoms with E-state index < -0.39 is 0 Å². The van der Waals surface area contributed by atoms with Gasteiger partial charge >= 0.3 is 6.09 Å². The predicted octanol–water partition coefficient (Wildman–Crippen LogP) is 3.11. The Kier molecular flexibility index (Phi) is 8.01. The van der Waals surface area contributed by atoms with Crippen LogP contribution in [0.25, 0.3) is 0 Å². The number of anilines is 1. The summed E-state index contributed by atoms with van der Waals surface area (Å²) < 4.78 is 11.6. The fourth-order valence-corrected chi connectivity index (χ4v) is 4.67. The summed E-state index contributed by atoms with van der Waals surface area (Å²) in [6.07, 6.45) is 6.05. The quantitative estimate of drug-likeness (QED) is 0.638. The molecule has 2 saturated heterocycles. The van der Waals surface area contributed by atoms with Gasteiger partial charge in [-0.3, -0.25) is 4.90 Å². The zero-order chi connectivity index (χ0) is 23.2. The van der Waals surface area contributed by atoms with Crippen molar-refractivity contribution in [2.75, 3.05) is 51.8 Å². The molecule has 1 amide bonds. The number of halogens is 1. The van der Waals surface area contributed by atoms with Gasteiger partial charge in [-0.05, 0) is 43.0 Å². The Morgan fingerprint density at radius 3 is 2.55 bits per heavy atom. The van der Waals surface area contributed by atoms with Crippen LogP contribution in [0.3, 0.4) is 0 Å². The number of benzene rings is 1. The van der Waals surface area contributed by atoms with Crippen molar-refractivity contribution in [2.24, 2.45) is 0 Å².